The summed E-state index contributed by atoms with van der Waals surface area (Å²) in [5.41, 5.74) is -0.686. The van der Waals surface area contributed by atoms with Crippen molar-refractivity contribution in [3.8, 4) is 0 Å². The summed E-state index contributed by atoms with van der Waals surface area (Å²) in [6.45, 7) is 9.84. The van der Waals surface area contributed by atoms with Crippen LogP contribution in [0.25, 0.3) is 0 Å². The van der Waals surface area contributed by atoms with Crippen molar-refractivity contribution in [2.24, 2.45) is 0 Å². The zero-order valence-corrected chi connectivity index (χ0v) is 16.0. The maximum absolute atomic E-state index is 12.3. The highest BCUT2D eigenvalue weighted by molar-refractivity contribution is 5.87. The molecule has 8 nitrogen and oxygen atoms in total. The van der Waals surface area contributed by atoms with Crippen LogP contribution in [-0.4, -0.2) is 44.1 Å². The third-order valence-electron chi connectivity index (χ3n) is 4.63. The van der Waals surface area contributed by atoms with Gasteiger partial charge < -0.3 is 10.6 Å². The highest BCUT2D eigenvalue weighted by Gasteiger charge is 2.32. The second kappa shape index (κ2) is 8.42. The quantitative estimate of drug-likeness (QED) is 0.589. The van der Waals surface area contributed by atoms with Crippen molar-refractivity contribution < 1.29 is 9.59 Å². The van der Waals surface area contributed by atoms with E-state index in [2.05, 4.69) is 32.6 Å². The molecule has 1 saturated carbocycles. The molecule has 0 spiro atoms. The first-order valence-corrected chi connectivity index (χ1v) is 9.25. The van der Waals surface area contributed by atoms with E-state index in [9.17, 15) is 9.59 Å². The van der Waals surface area contributed by atoms with Crippen LogP contribution in [0.5, 0.6) is 0 Å². The third kappa shape index (κ3) is 5.64. The van der Waals surface area contributed by atoms with Crippen LogP contribution in [0.3, 0.4) is 0 Å². The number of nitrogens with one attached hydrogen (secondary N) is 2. The maximum atomic E-state index is 12.3. The molecular weight excluding hydrogens is 332 g/mol. The van der Waals surface area contributed by atoms with Crippen LogP contribution in [0.1, 0.15) is 65.1 Å². The Morgan fingerprint density at radius 2 is 1.88 bits per heavy atom. The van der Waals surface area contributed by atoms with Gasteiger partial charge in [-0.1, -0.05) is 32.3 Å². The molecule has 0 atom stereocenters. The van der Waals surface area contributed by atoms with Crippen molar-refractivity contribution in [1.82, 2.24) is 30.8 Å². The molecule has 1 heterocycles. The van der Waals surface area contributed by atoms with E-state index in [-0.39, 0.29) is 23.8 Å². The molecule has 2 amide bonds. The van der Waals surface area contributed by atoms with Gasteiger partial charge in [0.25, 0.3) is 0 Å². The van der Waals surface area contributed by atoms with Crippen molar-refractivity contribution in [3.05, 3.63) is 18.5 Å². The number of carbonyl (C=O) groups excluding carboxylic acids is 2. The number of amides is 2. The molecule has 2 rings (SSSR count). The van der Waals surface area contributed by atoms with Crippen molar-refractivity contribution >= 4 is 11.8 Å². The second-order valence-corrected chi connectivity index (χ2v) is 8.01. The molecule has 2 N–H and O–H groups in total. The van der Waals surface area contributed by atoms with E-state index in [0.29, 0.717) is 12.4 Å². The average Bonchev–Trinajstić information content (AvgIpc) is 2.93. The maximum Gasteiger partial charge on any atom is 0.243 e. The Morgan fingerprint density at radius 3 is 2.42 bits per heavy atom. The first-order valence-electron chi connectivity index (χ1n) is 9.25. The first kappa shape index (κ1) is 20.1. The highest BCUT2D eigenvalue weighted by atomic mass is 16.2. The Bertz CT molecular complexity index is 638. The largest absolute Gasteiger partial charge is 0.353 e. The Kier molecular flexibility index (Phi) is 6.50. The minimum atomic E-state index is -0.409. The van der Waals surface area contributed by atoms with Crippen LogP contribution in [0.4, 0.5) is 0 Å². The van der Waals surface area contributed by atoms with Gasteiger partial charge in [0.05, 0.1) is 17.5 Å². The van der Waals surface area contributed by atoms with Crippen molar-refractivity contribution in [2.75, 3.05) is 6.54 Å². The molecule has 0 aromatic carbocycles. The van der Waals surface area contributed by atoms with Gasteiger partial charge in [-0.15, -0.1) is 10.2 Å². The Labute approximate surface area is 154 Å². The average molecular weight is 362 g/mol. The van der Waals surface area contributed by atoms with Gasteiger partial charge in [0.15, 0.2) is 5.82 Å². The number of hydrogen-bond acceptors (Lipinski definition) is 5. The summed E-state index contributed by atoms with van der Waals surface area (Å²) in [4.78, 5) is 25.7. The van der Waals surface area contributed by atoms with E-state index in [1.165, 1.54) is 10.9 Å². The first-order chi connectivity index (χ1) is 12.2. The molecule has 26 heavy (non-hydrogen) atoms. The number of rotatable bonds is 6. The van der Waals surface area contributed by atoms with E-state index >= 15 is 0 Å². The molecule has 1 fully saturated rings. The van der Waals surface area contributed by atoms with Crippen molar-refractivity contribution in [3.63, 3.8) is 0 Å². The summed E-state index contributed by atoms with van der Waals surface area (Å²) in [6, 6.07) is 0. The fourth-order valence-corrected chi connectivity index (χ4v) is 3.14. The molecule has 0 aliphatic heterocycles. The van der Waals surface area contributed by atoms with Gasteiger partial charge in [0.2, 0.25) is 11.8 Å². The van der Waals surface area contributed by atoms with Crippen molar-refractivity contribution in [1.29, 1.82) is 0 Å². The van der Waals surface area contributed by atoms with E-state index in [0.717, 1.165) is 38.5 Å². The molecule has 1 aromatic heterocycles. The molecule has 0 saturated heterocycles. The van der Waals surface area contributed by atoms with E-state index < -0.39 is 5.54 Å². The molecule has 0 unspecified atom stereocenters. The van der Waals surface area contributed by atoms with Gasteiger partial charge in [-0.2, -0.15) is 4.80 Å². The fraction of sp³-hybridized carbons (Fsp3) is 0.722. The summed E-state index contributed by atoms with van der Waals surface area (Å²) in [6.07, 6.45) is 7.43. The van der Waals surface area contributed by atoms with Crippen LogP contribution in [0.2, 0.25) is 0 Å². The summed E-state index contributed by atoms with van der Waals surface area (Å²) in [5, 5.41) is 18.2. The van der Waals surface area contributed by atoms with E-state index in [4.69, 9.17) is 0 Å². The monoisotopic (exact) mass is 362 g/mol. The lowest BCUT2D eigenvalue weighted by Gasteiger charge is -2.33. The van der Waals surface area contributed by atoms with Crippen LogP contribution in [0.15, 0.2) is 12.7 Å². The summed E-state index contributed by atoms with van der Waals surface area (Å²) >= 11 is 0. The number of aromatic nitrogens is 4. The standard InChI is InChI=1S/C18H30N6O2/c1-5-15(25)20-18(10-8-6-7-9-11-18)13-19-16(26)12-14-21-23-24(22-14)17(2,3)4/h5H,1,6-13H2,2-4H3,(H,19,26)(H,20,25). The van der Waals surface area contributed by atoms with Gasteiger partial charge in [0, 0.05) is 6.54 Å². The molecule has 0 bridgehead atoms. The smallest absolute Gasteiger partial charge is 0.243 e. The zero-order valence-electron chi connectivity index (χ0n) is 16.0. The lowest BCUT2D eigenvalue weighted by Crippen LogP contribution is -2.55. The van der Waals surface area contributed by atoms with Gasteiger partial charge in [-0.05, 0) is 44.9 Å². The van der Waals surface area contributed by atoms with Crippen LogP contribution >= 0.6 is 0 Å². The van der Waals surface area contributed by atoms with Crippen LogP contribution in [-0.2, 0) is 21.5 Å². The topological polar surface area (TPSA) is 102 Å². The van der Waals surface area contributed by atoms with Gasteiger partial charge in [0.1, 0.15) is 0 Å². The summed E-state index contributed by atoms with van der Waals surface area (Å²) in [5.74, 6) is 0.0216. The molecule has 8 heteroatoms. The molecule has 0 radical (unpaired) electrons. The normalized spacial score (nSPS) is 17.2. The molecule has 1 aliphatic carbocycles. The molecule has 144 valence electrons. The SMILES string of the molecule is C=CC(=O)NC1(CNC(=O)Cc2nnn(C(C)(C)C)n2)CCCCCC1. The van der Waals surface area contributed by atoms with Crippen LogP contribution < -0.4 is 10.6 Å². The Balaban J connectivity index is 1.96. The Hall–Kier alpha value is -2.25. The van der Waals surface area contributed by atoms with E-state index in [1.54, 1.807) is 0 Å². The van der Waals surface area contributed by atoms with Gasteiger partial charge >= 0.3 is 0 Å². The second-order valence-electron chi connectivity index (χ2n) is 8.01. The number of hydrogen-bond donors (Lipinski definition) is 2. The molecule has 1 aliphatic rings. The number of tetrazole rings is 1. The number of nitrogens with zero attached hydrogens (tertiary/aromatic N) is 4. The number of carbonyl (C=O) groups is 2. The zero-order chi connectivity index (χ0) is 19.2. The highest BCUT2D eigenvalue weighted by Crippen LogP contribution is 2.26. The Morgan fingerprint density at radius 1 is 1.23 bits per heavy atom. The van der Waals surface area contributed by atoms with E-state index in [1.807, 2.05) is 20.8 Å². The fourth-order valence-electron chi connectivity index (χ4n) is 3.14. The third-order valence-corrected chi connectivity index (χ3v) is 4.63. The predicted molar refractivity (Wildman–Crippen MR) is 98.3 cm³/mol. The van der Waals surface area contributed by atoms with Crippen molar-refractivity contribution in [2.45, 2.75) is 76.8 Å². The predicted octanol–water partition coefficient (Wildman–Crippen LogP) is 1.48. The lowest BCUT2D eigenvalue weighted by molar-refractivity contribution is -0.122. The molecular formula is C18H30N6O2. The van der Waals surface area contributed by atoms with Crippen LogP contribution in [0, 0.1) is 0 Å². The molecule has 1 aromatic rings. The lowest BCUT2D eigenvalue weighted by atomic mass is 9.89. The van der Waals surface area contributed by atoms with Gasteiger partial charge in [-0.3, -0.25) is 9.59 Å². The minimum absolute atomic E-state index is 0.0710. The summed E-state index contributed by atoms with van der Waals surface area (Å²) in [7, 11) is 0. The minimum Gasteiger partial charge on any atom is -0.353 e. The summed E-state index contributed by atoms with van der Waals surface area (Å²) < 4.78 is 0. The van der Waals surface area contributed by atoms with Gasteiger partial charge in [-0.25, -0.2) is 0 Å².